The molecule has 6 nitrogen and oxygen atoms in total. The van der Waals surface area contributed by atoms with E-state index < -0.39 is 0 Å². The monoisotopic (exact) mass is 392 g/mol. The van der Waals surface area contributed by atoms with Gasteiger partial charge in [0.25, 0.3) is 5.91 Å². The quantitative estimate of drug-likeness (QED) is 0.864. The molecule has 6 heteroatoms. The van der Waals surface area contributed by atoms with Crippen molar-refractivity contribution in [2.75, 3.05) is 36.4 Å². The van der Waals surface area contributed by atoms with Gasteiger partial charge < -0.3 is 15.1 Å². The Kier molecular flexibility index (Phi) is 6.08. The zero-order valence-electron chi connectivity index (χ0n) is 16.7. The van der Waals surface area contributed by atoms with Crippen LogP contribution < -0.4 is 10.2 Å². The molecule has 2 fully saturated rings. The van der Waals surface area contributed by atoms with Gasteiger partial charge in [-0.15, -0.1) is 0 Å². The zero-order chi connectivity index (χ0) is 20.1. The summed E-state index contributed by atoms with van der Waals surface area (Å²) in [7, 11) is 0. The van der Waals surface area contributed by atoms with E-state index in [1.807, 2.05) is 47.4 Å². The Morgan fingerprint density at radius 1 is 0.931 bits per heavy atom. The van der Waals surface area contributed by atoms with Gasteiger partial charge in [0.15, 0.2) is 0 Å². The summed E-state index contributed by atoms with van der Waals surface area (Å²) in [6.45, 7) is 3.02. The first kappa shape index (κ1) is 19.4. The van der Waals surface area contributed by atoms with Gasteiger partial charge in [0.05, 0.1) is 11.5 Å². The smallest absolute Gasteiger partial charge is 0.257 e. The molecule has 2 saturated heterocycles. The number of para-hydroxylation sites is 1. The molecule has 29 heavy (non-hydrogen) atoms. The topological polar surface area (TPSA) is 65.5 Å². The number of hydrogen-bond acceptors (Lipinski definition) is 4. The van der Waals surface area contributed by atoms with Crippen LogP contribution in [0.1, 0.15) is 42.5 Å². The number of piperidine rings is 2. The molecule has 2 aromatic rings. The van der Waals surface area contributed by atoms with Gasteiger partial charge in [-0.2, -0.15) is 0 Å². The molecule has 0 unspecified atom stereocenters. The summed E-state index contributed by atoms with van der Waals surface area (Å²) in [5, 5.41) is 2.98. The largest absolute Gasteiger partial charge is 0.356 e. The summed E-state index contributed by atoms with van der Waals surface area (Å²) in [5.74, 6) is 0.558. The van der Waals surface area contributed by atoms with Crippen LogP contribution in [0.2, 0.25) is 0 Å². The molecule has 0 saturated carbocycles. The van der Waals surface area contributed by atoms with E-state index in [2.05, 4.69) is 15.2 Å². The molecule has 0 aliphatic carbocycles. The number of pyridine rings is 1. The minimum Gasteiger partial charge on any atom is -0.356 e. The highest BCUT2D eigenvalue weighted by Gasteiger charge is 2.31. The molecule has 3 heterocycles. The lowest BCUT2D eigenvalue weighted by molar-refractivity contribution is -0.121. The van der Waals surface area contributed by atoms with Gasteiger partial charge in [-0.25, -0.2) is 4.98 Å². The normalized spacial score (nSPS) is 19.7. The molecule has 152 valence electrons. The number of anilines is 2. The van der Waals surface area contributed by atoms with E-state index in [4.69, 9.17) is 0 Å². The SMILES string of the molecule is O=C(Nc1ccccc1)[C@H]1CCCN(C(=O)c2cccnc2N2CCCCC2)C1. The number of carbonyl (C=O) groups excluding carboxylic acids is 2. The molecule has 0 radical (unpaired) electrons. The van der Waals surface area contributed by atoms with E-state index in [0.717, 1.165) is 50.3 Å². The lowest BCUT2D eigenvalue weighted by Gasteiger charge is -2.34. The van der Waals surface area contributed by atoms with Crippen molar-refractivity contribution in [1.82, 2.24) is 9.88 Å². The Morgan fingerprint density at radius 3 is 2.52 bits per heavy atom. The Hall–Kier alpha value is -2.89. The molecule has 4 rings (SSSR count). The van der Waals surface area contributed by atoms with E-state index in [-0.39, 0.29) is 17.7 Å². The maximum Gasteiger partial charge on any atom is 0.257 e. The molecular formula is C23H28N4O2. The van der Waals surface area contributed by atoms with Gasteiger partial charge in [0.1, 0.15) is 5.82 Å². The van der Waals surface area contributed by atoms with Crippen molar-refractivity contribution in [2.45, 2.75) is 32.1 Å². The maximum atomic E-state index is 13.3. The second-order valence-electron chi connectivity index (χ2n) is 7.87. The van der Waals surface area contributed by atoms with Crippen LogP contribution in [0.25, 0.3) is 0 Å². The Morgan fingerprint density at radius 2 is 1.72 bits per heavy atom. The summed E-state index contributed by atoms with van der Waals surface area (Å²) in [6.07, 6.45) is 6.89. The van der Waals surface area contributed by atoms with Crippen molar-refractivity contribution in [1.29, 1.82) is 0 Å². The van der Waals surface area contributed by atoms with Crippen molar-refractivity contribution in [3.05, 3.63) is 54.2 Å². The van der Waals surface area contributed by atoms with Gasteiger partial charge in [0, 0.05) is 38.1 Å². The molecule has 2 amide bonds. The number of benzene rings is 1. The number of aromatic nitrogens is 1. The van der Waals surface area contributed by atoms with Crippen molar-refractivity contribution in [3.63, 3.8) is 0 Å². The van der Waals surface area contributed by atoms with Crippen LogP contribution in [0.4, 0.5) is 11.5 Å². The highest BCUT2D eigenvalue weighted by atomic mass is 16.2. The molecule has 0 bridgehead atoms. The van der Waals surface area contributed by atoms with Crippen LogP contribution in [0.15, 0.2) is 48.7 Å². The summed E-state index contributed by atoms with van der Waals surface area (Å²) >= 11 is 0. The Bertz CT molecular complexity index is 849. The number of likely N-dealkylation sites (tertiary alicyclic amines) is 1. The molecule has 2 aliphatic rings. The van der Waals surface area contributed by atoms with Crippen LogP contribution in [-0.2, 0) is 4.79 Å². The van der Waals surface area contributed by atoms with Gasteiger partial charge >= 0.3 is 0 Å². The number of rotatable bonds is 4. The van der Waals surface area contributed by atoms with E-state index in [9.17, 15) is 9.59 Å². The third-order valence-corrected chi connectivity index (χ3v) is 5.79. The molecule has 2 aliphatic heterocycles. The molecule has 0 spiro atoms. The maximum absolute atomic E-state index is 13.3. The van der Waals surface area contributed by atoms with E-state index in [1.54, 1.807) is 6.20 Å². The number of nitrogens with zero attached hydrogens (tertiary/aromatic N) is 3. The summed E-state index contributed by atoms with van der Waals surface area (Å²) in [4.78, 5) is 34.6. The highest BCUT2D eigenvalue weighted by molar-refractivity contribution is 5.99. The predicted molar refractivity (Wildman–Crippen MR) is 114 cm³/mol. The van der Waals surface area contributed by atoms with Gasteiger partial charge in [-0.05, 0) is 56.4 Å². The zero-order valence-corrected chi connectivity index (χ0v) is 16.7. The minimum absolute atomic E-state index is 0.0175. The fourth-order valence-corrected chi connectivity index (χ4v) is 4.23. The van der Waals surface area contributed by atoms with Gasteiger partial charge in [-0.3, -0.25) is 9.59 Å². The molecule has 1 aromatic heterocycles. The van der Waals surface area contributed by atoms with Crippen LogP contribution >= 0.6 is 0 Å². The third kappa shape index (κ3) is 4.58. The second-order valence-corrected chi connectivity index (χ2v) is 7.87. The van der Waals surface area contributed by atoms with Gasteiger partial charge in [0.2, 0.25) is 5.91 Å². The van der Waals surface area contributed by atoms with Crippen molar-refractivity contribution in [2.24, 2.45) is 5.92 Å². The fraction of sp³-hybridized carbons (Fsp3) is 0.435. The van der Waals surface area contributed by atoms with Crippen LogP contribution in [-0.4, -0.2) is 47.9 Å². The lowest BCUT2D eigenvalue weighted by Crippen LogP contribution is -2.44. The van der Waals surface area contributed by atoms with E-state index in [0.29, 0.717) is 18.7 Å². The second kappa shape index (κ2) is 9.07. The number of hydrogen-bond donors (Lipinski definition) is 1. The molecule has 1 aromatic carbocycles. The Balaban J connectivity index is 1.46. The minimum atomic E-state index is -0.192. The summed E-state index contributed by atoms with van der Waals surface area (Å²) in [5.41, 5.74) is 1.44. The van der Waals surface area contributed by atoms with Crippen molar-refractivity contribution >= 4 is 23.3 Å². The first-order valence-corrected chi connectivity index (χ1v) is 10.6. The number of carbonyl (C=O) groups is 2. The number of nitrogens with one attached hydrogen (secondary N) is 1. The number of amides is 2. The Labute approximate surface area is 171 Å². The summed E-state index contributed by atoms with van der Waals surface area (Å²) < 4.78 is 0. The average molecular weight is 393 g/mol. The highest BCUT2D eigenvalue weighted by Crippen LogP contribution is 2.26. The van der Waals surface area contributed by atoms with Crippen LogP contribution in [0.3, 0.4) is 0 Å². The molecule has 1 atom stereocenters. The average Bonchev–Trinajstić information content (AvgIpc) is 2.80. The van der Waals surface area contributed by atoms with E-state index in [1.165, 1.54) is 6.42 Å². The van der Waals surface area contributed by atoms with E-state index >= 15 is 0 Å². The van der Waals surface area contributed by atoms with Crippen molar-refractivity contribution < 1.29 is 9.59 Å². The van der Waals surface area contributed by atoms with Crippen LogP contribution in [0, 0.1) is 5.92 Å². The standard InChI is InChI=1S/C23H28N4O2/c28-22(25-19-10-3-1-4-11-19)18-9-8-16-27(17-18)23(29)20-12-7-13-24-21(20)26-14-5-2-6-15-26/h1,3-4,7,10-13,18H,2,5-6,8-9,14-17H2,(H,25,28)/t18-/m0/s1. The molecule has 1 N–H and O–H groups in total. The molecular weight excluding hydrogens is 364 g/mol. The third-order valence-electron chi connectivity index (χ3n) is 5.79. The lowest BCUT2D eigenvalue weighted by atomic mass is 9.96. The first-order valence-electron chi connectivity index (χ1n) is 10.6. The first-order chi connectivity index (χ1) is 14.2. The predicted octanol–water partition coefficient (Wildman–Crippen LogP) is 3.56. The van der Waals surface area contributed by atoms with Crippen LogP contribution in [0.5, 0.6) is 0 Å². The van der Waals surface area contributed by atoms with Gasteiger partial charge in [-0.1, -0.05) is 18.2 Å². The van der Waals surface area contributed by atoms with Crippen molar-refractivity contribution in [3.8, 4) is 0 Å². The fourth-order valence-electron chi connectivity index (χ4n) is 4.23. The summed E-state index contributed by atoms with van der Waals surface area (Å²) in [6, 6.07) is 13.2.